The van der Waals surface area contributed by atoms with Crippen molar-refractivity contribution in [3.8, 4) is 0 Å². The van der Waals surface area contributed by atoms with E-state index in [1.807, 2.05) is 13.8 Å². The SMILES string of the molecule is COC(=O)C(Nc1nc(NN)c(Cl)cc1Cl)C(C)C. The van der Waals surface area contributed by atoms with E-state index in [-0.39, 0.29) is 16.8 Å². The van der Waals surface area contributed by atoms with E-state index in [9.17, 15) is 4.79 Å². The van der Waals surface area contributed by atoms with E-state index in [1.165, 1.54) is 13.2 Å². The van der Waals surface area contributed by atoms with E-state index >= 15 is 0 Å². The Labute approximate surface area is 121 Å². The second-order valence-electron chi connectivity index (χ2n) is 4.18. The number of rotatable bonds is 5. The van der Waals surface area contributed by atoms with Gasteiger partial charge in [0.05, 0.1) is 17.2 Å². The Hall–Kier alpha value is -1.24. The summed E-state index contributed by atoms with van der Waals surface area (Å²) in [5.74, 6) is 5.46. The first-order chi connectivity index (χ1) is 8.90. The minimum Gasteiger partial charge on any atom is -0.467 e. The fourth-order valence-corrected chi connectivity index (χ4v) is 1.91. The Morgan fingerprint density at radius 2 is 1.95 bits per heavy atom. The quantitative estimate of drug-likeness (QED) is 0.439. The van der Waals surface area contributed by atoms with E-state index < -0.39 is 12.0 Å². The second-order valence-corrected chi connectivity index (χ2v) is 5.00. The Bertz CT molecular complexity index is 468. The van der Waals surface area contributed by atoms with Gasteiger partial charge >= 0.3 is 5.97 Å². The van der Waals surface area contributed by atoms with Gasteiger partial charge in [0.1, 0.15) is 11.9 Å². The van der Waals surface area contributed by atoms with Gasteiger partial charge in [0.15, 0.2) is 5.82 Å². The molecule has 1 aromatic rings. The number of ether oxygens (including phenoxy) is 1. The number of aromatic nitrogens is 1. The molecule has 0 saturated heterocycles. The Morgan fingerprint density at radius 1 is 1.37 bits per heavy atom. The number of hydrogen-bond donors (Lipinski definition) is 3. The van der Waals surface area contributed by atoms with Gasteiger partial charge in [0.25, 0.3) is 0 Å². The number of methoxy groups -OCH3 is 1. The van der Waals surface area contributed by atoms with Crippen molar-refractivity contribution in [3.63, 3.8) is 0 Å². The lowest BCUT2D eigenvalue weighted by Gasteiger charge is -2.21. The number of hydrazine groups is 1. The first kappa shape index (κ1) is 15.8. The number of carbonyl (C=O) groups excluding carboxylic acids is 1. The number of nitrogens with two attached hydrogens (primary N) is 1. The molecule has 0 aliphatic rings. The van der Waals surface area contributed by atoms with E-state index in [0.717, 1.165) is 0 Å². The zero-order valence-corrected chi connectivity index (χ0v) is 12.3. The van der Waals surface area contributed by atoms with Crippen molar-refractivity contribution < 1.29 is 9.53 Å². The van der Waals surface area contributed by atoms with Crippen molar-refractivity contribution in [3.05, 3.63) is 16.1 Å². The van der Waals surface area contributed by atoms with Gasteiger partial charge in [-0.15, -0.1) is 0 Å². The van der Waals surface area contributed by atoms with Crippen LogP contribution in [0.25, 0.3) is 0 Å². The Morgan fingerprint density at radius 3 is 2.42 bits per heavy atom. The molecule has 0 aliphatic heterocycles. The third-order valence-corrected chi connectivity index (χ3v) is 3.06. The first-order valence-corrected chi connectivity index (χ1v) is 6.33. The summed E-state index contributed by atoms with van der Waals surface area (Å²) in [6.07, 6.45) is 0. The monoisotopic (exact) mass is 306 g/mol. The highest BCUT2D eigenvalue weighted by Crippen LogP contribution is 2.29. The average molecular weight is 307 g/mol. The highest BCUT2D eigenvalue weighted by atomic mass is 35.5. The third kappa shape index (κ3) is 3.86. The molecular formula is C11H16Cl2N4O2. The maximum Gasteiger partial charge on any atom is 0.328 e. The standard InChI is InChI=1S/C11H16Cl2N4O2/c1-5(2)8(11(18)19-3)15-9-6(12)4-7(13)10(16-9)17-14/h4-5,8H,14H2,1-3H3,(H2,15,16,17). The lowest BCUT2D eigenvalue weighted by atomic mass is 10.0. The molecule has 1 heterocycles. The molecule has 0 saturated carbocycles. The number of pyridine rings is 1. The lowest BCUT2D eigenvalue weighted by molar-refractivity contribution is -0.142. The molecule has 106 valence electrons. The van der Waals surface area contributed by atoms with Crippen molar-refractivity contribution >= 4 is 40.8 Å². The van der Waals surface area contributed by atoms with Gasteiger partial charge in [-0.05, 0) is 12.0 Å². The van der Waals surface area contributed by atoms with Gasteiger partial charge in [-0.25, -0.2) is 15.6 Å². The van der Waals surface area contributed by atoms with E-state index in [0.29, 0.717) is 10.8 Å². The van der Waals surface area contributed by atoms with Crippen molar-refractivity contribution in [2.75, 3.05) is 17.9 Å². The van der Waals surface area contributed by atoms with Gasteiger partial charge in [-0.2, -0.15) is 0 Å². The summed E-state index contributed by atoms with van der Waals surface area (Å²) in [6.45, 7) is 3.75. The molecule has 1 rings (SSSR count). The molecule has 0 bridgehead atoms. The molecular weight excluding hydrogens is 291 g/mol. The number of esters is 1. The van der Waals surface area contributed by atoms with Crippen LogP contribution < -0.4 is 16.6 Å². The Kier molecular flexibility index (Phi) is 5.65. The van der Waals surface area contributed by atoms with Crippen LogP contribution in [0.3, 0.4) is 0 Å². The van der Waals surface area contributed by atoms with Crippen LogP contribution >= 0.6 is 23.2 Å². The van der Waals surface area contributed by atoms with Gasteiger partial charge in [0.2, 0.25) is 0 Å². The topological polar surface area (TPSA) is 89.3 Å². The van der Waals surface area contributed by atoms with E-state index in [4.69, 9.17) is 33.8 Å². The summed E-state index contributed by atoms with van der Waals surface area (Å²) in [5.41, 5.74) is 2.35. The predicted octanol–water partition coefficient (Wildman–Crippen LogP) is 2.28. The van der Waals surface area contributed by atoms with Crippen molar-refractivity contribution in [2.24, 2.45) is 11.8 Å². The average Bonchev–Trinajstić information content (AvgIpc) is 2.36. The van der Waals surface area contributed by atoms with Gasteiger partial charge in [-0.1, -0.05) is 37.0 Å². The number of nitrogens with one attached hydrogen (secondary N) is 2. The molecule has 0 aromatic carbocycles. The van der Waals surface area contributed by atoms with Crippen molar-refractivity contribution in [2.45, 2.75) is 19.9 Å². The van der Waals surface area contributed by atoms with Gasteiger partial charge < -0.3 is 15.5 Å². The summed E-state index contributed by atoms with van der Waals surface area (Å²) >= 11 is 11.9. The minimum atomic E-state index is -0.568. The number of carbonyl (C=O) groups is 1. The first-order valence-electron chi connectivity index (χ1n) is 5.57. The van der Waals surface area contributed by atoms with Crippen LogP contribution in [0.15, 0.2) is 6.07 Å². The maximum absolute atomic E-state index is 11.7. The molecule has 4 N–H and O–H groups in total. The van der Waals surface area contributed by atoms with Gasteiger partial charge in [-0.3, -0.25) is 0 Å². The molecule has 0 spiro atoms. The molecule has 1 aromatic heterocycles. The second kappa shape index (κ2) is 6.79. The highest BCUT2D eigenvalue weighted by molar-refractivity contribution is 6.37. The summed E-state index contributed by atoms with van der Waals surface area (Å²) in [7, 11) is 1.32. The van der Waals surface area contributed by atoms with Gasteiger partial charge in [0, 0.05) is 0 Å². The summed E-state index contributed by atoms with van der Waals surface area (Å²) < 4.78 is 4.73. The van der Waals surface area contributed by atoms with Crippen LogP contribution in [0.4, 0.5) is 11.6 Å². The zero-order chi connectivity index (χ0) is 14.6. The molecule has 0 fully saturated rings. The number of anilines is 2. The maximum atomic E-state index is 11.7. The van der Waals surface area contributed by atoms with Crippen LogP contribution in [-0.2, 0) is 9.53 Å². The molecule has 1 unspecified atom stereocenters. The highest BCUT2D eigenvalue weighted by Gasteiger charge is 2.24. The zero-order valence-electron chi connectivity index (χ0n) is 10.8. The Balaban J connectivity index is 3.06. The third-order valence-electron chi connectivity index (χ3n) is 2.48. The molecule has 6 nitrogen and oxygen atoms in total. The van der Waals surface area contributed by atoms with Crippen LogP contribution in [0, 0.1) is 5.92 Å². The molecule has 1 atom stereocenters. The summed E-state index contributed by atoms with van der Waals surface area (Å²) in [5, 5.41) is 3.51. The summed E-state index contributed by atoms with van der Waals surface area (Å²) in [6, 6.07) is 0.921. The van der Waals surface area contributed by atoms with Crippen molar-refractivity contribution in [1.29, 1.82) is 0 Å². The number of nitrogens with zero attached hydrogens (tertiary/aromatic N) is 1. The molecule has 0 aliphatic carbocycles. The van der Waals surface area contributed by atoms with E-state index in [2.05, 4.69) is 15.7 Å². The number of nitrogen functional groups attached to an aromatic ring is 1. The molecule has 0 radical (unpaired) electrons. The lowest BCUT2D eigenvalue weighted by Crippen LogP contribution is -2.36. The van der Waals surface area contributed by atoms with Crippen LogP contribution in [-0.4, -0.2) is 24.1 Å². The predicted molar refractivity (Wildman–Crippen MR) is 76.3 cm³/mol. The molecule has 8 heteroatoms. The van der Waals surface area contributed by atoms with Crippen LogP contribution in [0.5, 0.6) is 0 Å². The largest absolute Gasteiger partial charge is 0.467 e. The smallest absolute Gasteiger partial charge is 0.328 e. The van der Waals surface area contributed by atoms with E-state index in [1.54, 1.807) is 0 Å². The van der Waals surface area contributed by atoms with Crippen LogP contribution in [0.2, 0.25) is 10.0 Å². The van der Waals surface area contributed by atoms with Crippen molar-refractivity contribution in [1.82, 2.24) is 4.98 Å². The molecule has 0 amide bonds. The van der Waals surface area contributed by atoms with Crippen LogP contribution in [0.1, 0.15) is 13.8 Å². The normalized spacial score (nSPS) is 12.2. The molecule has 19 heavy (non-hydrogen) atoms. The summed E-state index contributed by atoms with van der Waals surface area (Å²) in [4.78, 5) is 15.8. The minimum absolute atomic E-state index is 0.00437. The number of halogens is 2. The fourth-order valence-electron chi connectivity index (χ4n) is 1.44. The fraction of sp³-hybridized carbons (Fsp3) is 0.455. The number of hydrogen-bond acceptors (Lipinski definition) is 6.